The number of anilines is 1. The van der Waals surface area contributed by atoms with Crippen molar-refractivity contribution in [3.05, 3.63) is 77.9 Å². The molecule has 2 heterocycles. The molecule has 5 rings (SSSR count). The van der Waals surface area contributed by atoms with Gasteiger partial charge in [0.05, 0.1) is 41.1 Å². The number of thiazole rings is 1. The second-order valence-electron chi connectivity index (χ2n) is 9.64. The van der Waals surface area contributed by atoms with Crippen molar-refractivity contribution in [2.75, 3.05) is 38.9 Å². The quantitative estimate of drug-likeness (QED) is 0.170. The van der Waals surface area contributed by atoms with Gasteiger partial charge in [-0.25, -0.2) is 13.4 Å². The Balaban J connectivity index is 1.43. The second-order valence-corrected chi connectivity index (χ2v) is 12.7. The summed E-state index contributed by atoms with van der Waals surface area (Å²) in [6, 6.07) is 18.7. The number of nitrogens with zero attached hydrogens (tertiary/aromatic N) is 4. The van der Waals surface area contributed by atoms with Gasteiger partial charge in [0.1, 0.15) is 11.5 Å². The molecule has 0 radical (unpaired) electrons. The summed E-state index contributed by atoms with van der Waals surface area (Å²) in [6.45, 7) is 3.40. The van der Waals surface area contributed by atoms with Crippen LogP contribution in [0.5, 0.6) is 11.5 Å². The van der Waals surface area contributed by atoms with E-state index in [-0.39, 0.29) is 23.1 Å². The van der Waals surface area contributed by atoms with Crippen molar-refractivity contribution in [2.24, 2.45) is 5.10 Å². The lowest BCUT2D eigenvalue weighted by Crippen LogP contribution is -2.34. The van der Waals surface area contributed by atoms with Crippen LogP contribution in [0.2, 0.25) is 0 Å². The van der Waals surface area contributed by atoms with Gasteiger partial charge in [0.25, 0.3) is 5.91 Å². The van der Waals surface area contributed by atoms with Gasteiger partial charge in [-0.3, -0.25) is 4.79 Å². The number of rotatable bonds is 11. The number of carbonyl (C=O) groups excluding carboxylic acids is 1. The molecular weight excluding hydrogens is 576 g/mol. The molecule has 1 fully saturated rings. The highest BCUT2D eigenvalue weighted by atomic mass is 32.2. The fourth-order valence-electron chi connectivity index (χ4n) is 4.49. The molecule has 0 bridgehead atoms. The summed E-state index contributed by atoms with van der Waals surface area (Å²) in [4.78, 5) is 18.5. The molecule has 1 atom stereocenters. The number of methoxy groups -OCH3 is 1. The number of amides is 1. The SMILES string of the molecule is CCOc1ccc(/C=N/N(C(=O)c2ccc(S(=O)(=O)N(C)CC3CCCO3)cc2)c2nc3ccc(OC)cc3s2)cc1. The molecule has 12 heteroatoms. The van der Waals surface area contributed by atoms with Crippen LogP contribution in [0.1, 0.15) is 35.7 Å². The molecule has 0 aliphatic carbocycles. The van der Waals surface area contributed by atoms with Crippen molar-refractivity contribution < 1.29 is 27.4 Å². The smallest absolute Gasteiger partial charge is 0.280 e. The first-order valence-corrected chi connectivity index (χ1v) is 15.8. The molecule has 10 nitrogen and oxygen atoms in total. The van der Waals surface area contributed by atoms with E-state index < -0.39 is 15.9 Å². The fourth-order valence-corrected chi connectivity index (χ4v) is 6.64. The summed E-state index contributed by atoms with van der Waals surface area (Å²) in [7, 11) is -0.628. The van der Waals surface area contributed by atoms with Gasteiger partial charge >= 0.3 is 0 Å². The van der Waals surface area contributed by atoms with Crippen LogP contribution in [0.15, 0.2) is 76.7 Å². The number of benzene rings is 3. The molecule has 0 N–H and O–H groups in total. The Bertz CT molecular complexity index is 1660. The van der Waals surface area contributed by atoms with Crippen molar-refractivity contribution >= 4 is 48.8 Å². The maximum atomic E-state index is 13.8. The van der Waals surface area contributed by atoms with Crippen LogP contribution in [0.25, 0.3) is 10.2 Å². The molecule has 1 amide bonds. The predicted octanol–water partition coefficient (Wildman–Crippen LogP) is 5.18. The van der Waals surface area contributed by atoms with Gasteiger partial charge < -0.3 is 14.2 Å². The van der Waals surface area contributed by atoms with Crippen LogP contribution in [-0.2, 0) is 14.8 Å². The first-order chi connectivity index (χ1) is 20.3. The minimum absolute atomic E-state index is 0.0936. The number of hydrazone groups is 1. The number of carbonyl (C=O) groups is 1. The van der Waals surface area contributed by atoms with Gasteiger partial charge in [-0.15, -0.1) is 0 Å². The molecule has 42 heavy (non-hydrogen) atoms. The average Bonchev–Trinajstić information content (AvgIpc) is 3.67. The minimum Gasteiger partial charge on any atom is -0.497 e. The van der Waals surface area contributed by atoms with Crippen LogP contribution < -0.4 is 14.5 Å². The molecule has 1 unspecified atom stereocenters. The van der Waals surface area contributed by atoms with Crippen LogP contribution in [-0.4, -0.2) is 69.8 Å². The van der Waals surface area contributed by atoms with Gasteiger partial charge in [-0.1, -0.05) is 11.3 Å². The highest BCUT2D eigenvalue weighted by Crippen LogP contribution is 2.32. The summed E-state index contributed by atoms with van der Waals surface area (Å²) in [5, 5.41) is 6.09. The van der Waals surface area contributed by atoms with Crippen molar-refractivity contribution in [3.63, 3.8) is 0 Å². The molecule has 3 aromatic carbocycles. The lowest BCUT2D eigenvalue weighted by atomic mass is 10.2. The first kappa shape index (κ1) is 29.6. The Morgan fingerprint density at radius 3 is 2.52 bits per heavy atom. The van der Waals surface area contributed by atoms with Crippen LogP contribution in [0.3, 0.4) is 0 Å². The molecule has 220 valence electrons. The van der Waals surface area contributed by atoms with Gasteiger partial charge in [0.15, 0.2) is 0 Å². The molecular formula is C30H32N4O6S2. The molecule has 1 saturated heterocycles. The topological polar surface area (TPSA) is 111 Å². The summed E-state index contributed by atoms with van der Waals surface area (Å²) in [6.07, 6.45) is 3.22. The summed E-state index contributed by atoms with van der Waals surface area (Å²) >= 11 is 1.29. The predicted molar refractivity (Wildman–Crippen MR) is 163 cm³/mol. The second kappa shape index (κ2) is 13.0. The number of ether oxygens (including phenoxy) is 3. The monoisotopic (exact) mass is 608 g/mol. The van der Waals surface area contributed by atoms with Crippen molar-refractivity contribution in [1.82, 2.24) is 9.29 Å². The Morgan fingerprint density at radius 2 is 1.86 bits per heavy atom. The van der Waals surface area contributed by atoms with Crippen molar-refractivity contribution in [3.8, 4) is 11.5 Å². The lowest BCUT2D eigenvalue weighted by Gasteiger charge is -2.20. The highest BCUT2D eigenvalue weighted by Gasteiger charge is 2.27. The molecule has 4 aromatic rings. The summed E-state index contributed by atoms with van der Waals surface area (Å²) < 4.78 is 44.9. The van der Waals surface area contributed by atoms with E-state index in [1.807, 2.05) is 43.3 Å². The fraction of sp³-hybridized carbons (Fsp3) is 0.300. The number of hydrogen-bond donors (Lipinski definition) is 0. The first-order valence-electron chi connectivity index (χ1n) is 13.5. The molecule has 0 spiro atoms. The maximum Gasteiger partial charge on any atom is 0.280 e. The van der Waals surface area contributed by atoms with Crippen LogP contribution >= 0.6 is 11.3 Å². The van der Waals surface area contributed by atoms with Crippen LogP contribution in [0, 0.1) is 0 Å². The van der Waals surface area contributed by atoms with E-state index in [4.69, 9.17) is 14.2 Å². The summed E-state index contributed by atoms with van der Waals surface area (Å²) in [5.41, 5.74) is 1.71. The third-order valence-corrected chi connectivity index (χ3v) is 9.60. The van der Waals surface area contributed by atoms with Gasteiger partial charge in [-0.2, -0.15) is 14.4 Å². The third kappa shape index (κ3) is 6.62. The Hall–Kier alpha value is -3.84. The Labute approximate surface area is 249 Å². The van der Waals surface area contributed by atoms with E-state index in [9.17, 15) is 13.2 Å². The minimum atomic E-state index is -3.75. The van der Waals surface area contributed by atoms with Gasteiger partial charge in [0.2, 0.25) is 15.2 Å². The van der Waals surface area contributed by atoms with Crippen molar-refractivity contribution in [2.45, 2.75) is 30.8 Å². The molecule has 1 aliphatic heterocycles. The highest BCUT2D eigenvalue weighted by molar-refractivity contribution is 7.89. The summed E-state index contributed by atoms with van der Waals surface area (Å²) in [5.74, 6) is 0.953. The van der Waals surface area contributed by atoms with E-state index in [1.165, 1.54) is 52.0 Å². The largest absolute Gasteiger partial charge is 0.497 e. The Morgan fingerprint density at radius 1 is 1.12 bits per heavy atom. The zero-order valence-corrected chi connectivity index (χ0v) is 25.2. The number of aromatic nitrogens is 1. The third-order valence-electron chi connectivity index (χ3n) is 6.77. The standard InChI is InChI=1S/C30H32N4O6S2/c1-4-39-23-11-7-21(8-12-23)19-31-34(30-32-27-16-13-24(38-3)18-28(27)41-30)29(35)22-9-14-26(15-10-22)42(36,37)33(2)20-25-6-5-17-40-25/h7-16,18-19,25H,4-6,17,20H2,1-3H3/b31-19+. The van der Waals surface area contributed by atoms with Gasteiger partial charge in [-0.05, 0) is 92.1 Å². The normalized spacial score (nSPS) is 15.5. The lowest BCUT2D eigenvalue weighted by molar-refractivity contribution is 0.0978. The number of fused-ring (bicyclic) bond motifs is 1. The van der Waals surface area contributed by atoms with Gasteiger partial charge in [0, 0.05) is 25.8 Å². The average molecular weight is 609 g/mol. The molecule has 1 aromatic heterocycles. The number of hydrogen-bond acceptors (Lipinski definition) is 9. The zero-order chi connectivity index (χ0) is 29.7. The Kier molecular flexibility index (Phi) is 9.17. The zero-order valence-electron chi connectivity index (χ0n) is 23.6. The van der Waals surface area contributed by atoms with Crippen LogP contribution in [0.4, 0.5) is 5.13 Å². The molecule has 1 aliphatic rings. The van der Waals surface area contributed by atoms with Crippen molar-refractivity contribution in [1.29, 1.82) is 0 Å². The maximum absolute atomic E-state index is 13.8. The molecule has 0 saturated carbocycles. The van der Waals surface area contributed by atoms with E-state index >= 15 is 0 Å². The number of sulfonamides is 1. The van der Waals surface area contributed by atoms with E-state index in [2.05, 4.69) is 10.1 Å². The van der Waals surface area contributed by atoms with E-state index in [0.29, 0.717) is 29.6 Å². The van der Waals surface area contributed by atoms with E-state index in [0.717, 1.165) is 28.9 Å². The number of likely N-dealkylation sites (N-methyl/N-ethyl adjacent to an activating group) is 1. The van der Waals surface area contributed by atoms with E-state index in [1.54, 1.807) is 19.4 Å².